The Labute approximate surface area is 120 Å². The van der Waals surface area contributed by atoms with E-state index in [1.165, 1.54) is 18.3 Å². The van der Waals surface area contributed by atoms with Crippen molar-refractivity contribution in [1.29, 1.82) is 0 Å². The van der Waals surface area contributed by atoms with E-state index in [0.29, 0.717) is 11.3 Å². The van der Waals surface area contributed by atoms with E-state index in [2.05, 4.69) is 25.1 Å². The van der Waals surface area contributed by atoms with Gasteiger partial charge in [0.1, 0.15) is 10.7 Å². The number of nitrogens with zero attached hydrogens (tertiary/aromatic N) is 2. The van der Waals surface area contributed by atoms with Gasteiger partial charge in [0, 0.05) is 6.20 Å². The van der Waals surface area contributed by atoms with Gasteiger partial charge in [0.15, 0.2) is 0 Å². The number of aromatic amines is 1. The Morgan fingerprint density at radius 2 is 1.95 bits per heavy atom. The van der Waals surface area contributed by atoms with Gasteiger partial charge in [0.25, 0.3) is 10.0 Å². The molecule has 108 valence electrons. The van der Waals surface area contributed by atoms with Crippen LogP contribution in [0.25, 0.3) is 11.0 Å². The first-order valence-corrected chi connectivity index (χ1v) is 7.47. The molecule has 0 amide bonds. The summed E-state index contributed by atoms with van der Waals surface area (Å²) in [7, 11) is -3.76. The maximum atomic E-state index is 12.2. The molecular formula is C12H12N6O2S. The molecule has 2 aromatic heterocycles. The van der Waals surface area contributed by atoms with Crippen molar-refractivity contribution < 1.29 is 8.42 Å². The fourth-order valence-electron chi connectivity index (χ4n) is 1.81. The molecule has 3 aromatic rings. The highest BCUT2D eigenvalue weighted by atomic mass is 32.2. The van der Waals surface area contributed by atoms with Crippen LogP contribution in [0.15, 0.2) is 47.5 Å². The van der Waals surface area contributed by atoms with Crippen molar-refractivity contribution in [2.75, 3.05) is 10.1 Å². The summed E-state index contributed by atoms with van der Waals surface area (Å²) in [5, 5.41) is 0. The quantitative estimate of drug-likeness (QED) is 0.421. The molecule has 0 unspecified atom stereocenters. The third-order valence-corrected chi connectivity index (χ3v) is 4.14. The highest BCUT2D eigenvalue weighted by molar-refractivity contribution is 7.92. The van der Waals surface area contributed by atoms with E-state index < -0.39 is 10.0 Å². The molecular weight excluding hydrogens is 292 g/mol. The first-order chi connectivity index (χ1) is 10.1. The Morgan fingerprint density at radius 3 is 2.62 bits per heavy atom. The molecule has 0 fully saturated rings. The molecule has 0 bridgehead atoms. The molecule has 0 spiro atoms. The largest absolute Gasteiger partial charge is 0.323 e. The van der Waals surface area contributed by atoms with Crippen molar-refractivity contribution in [1.82, 2.24) is 15.0 Å². The number of hydrogen-bond acceptors (Lipinski definition) is 6. The molecule has 0 atom stereocenters. The zero-order valence-electron chi connectivity index (χ0n) is 10.7. The van der Waals surface area contributed by atoms with Gasteiger partial charge < -0.3 is 10.4 Å². The van der Waals surface area contributed by atoms with Crippen LogP contribution in [0.5, 0.6) is 0 Å². The van der Waals surface area contributed by atoms with Crippen LogP contribution < -0.4 is 16.0 Å². The van der Waals surface area contributed by atoms with E-state index in [1.807, 2.05) is 18.2 Å². The number of hydrogen-bond donors (Lipinski definition) is 4. The van der Waals surface area contributed by atoms with Gasteiger partial charge in [-0.25, -0.2) is 29.0 Å². The molecule has 0 aliphatic heterocycles. The molecule has 0 radical (unpaired) electrons. The molecule has 8 nitrogen and oxygen atoms in total. The van der Waals surface area contributed by atoms with Crippen LogP contribution >= 0.6 is 0 Å². The Bertz CT molecular complexity index is 839. The van der Waals surface area contributed by atoms with E-state index in [-0.39, 0.29) is 10.8 Å². The number of hydrazine groups is 1. The maximum absolute atomic E-state index is 12.2. The van der Waals surface area contributed by atoms with Gasteiger partial charge in [0.2, 0.25) is 5.95 Å². The first kappa shape index (κ1) is 13.3. The molecule has 1 aromatic carbocycles. The Hall–Kier alpha value is -2.65. The number of para-hydroxylation sites is 2. The summed E-state index contributed by atoms with van der Waals surface area (Å²) in [6.45, 7) is 0. The van der Waals surface area contributed by atoms with Crippen molar-refractivity contribution in [2.24, 2.45) is 5.84 Å². The molecule has 21 heavy (non-hydrogen) atoms. The number of H-pyrrole nitrogens is 1. The number of anilines is 2. The average Bonchev–Trinajstić information content (AvgIpc) is 2.88. The fourth-order valence-corrected chi connectivity index (χ4v) is 2.72. The van der Waals surface area contributed by atoms with E-state index in [0.717, 1.165) is 5.52 Å². The Morgan fingerprint density at radius 1 is 1.14 bits per heavy atom. The summed E-state index contributed by atoms with van der Waals surface area (Å²) in [4.78, 5) is 10.9. The van der Waals surface area contributed by atoms with Gasteiger partial charge in [-0.3, -0.25) is 0 Å². The lowest BCUT2D eigenvalue weighted by atomic mass is 10.3. The number of sulfonamides is 1. The first-order valence-electron chi connectivity index (χ1n) is 5.99. The number of pyridine rings is 1. The molecule has 0 saturated heterocycles. The van der Waals surface area contributed by atoms with Crippen molar-refractivity contribution in [3.8, 4) is 0 Å². The lowest BCUT2D eigenvalue weighted by Gasteiger charge is -2.05. The number of nitrogens with two attached hydrogens (primary N) is 1. The van der Waals surface area contributed by atoms with Gasteiger partial charge in [-0.15, -0.1) is 0 Å². The van der Waals surface area contributed by atoms with Crippen LogP contribution in [0.2, 0.25) is 0 Å². The number of benzene rings is 1. The van der Waals surface area contributed by atoms with Gasteiger partial charge >= 0.3 is 0 Å². The Kier molecular flexibility index (Phi) is 3.20. The second-order valence-electron chi connectivity index (χ2n) is 4.23. The Balaban J connectivity index is 1.91. The predicted molar refractivity (Wildman–Crippen MR) is 78.9 cm³/mol. The van der Waals surface area contributed by atoms with Gasteiger partial charge in [-0.1, -0.05) is 12.1 Å². The summed E-state index contributed by atoms with van der Waals surface area (Å²) in [6.07, 6.45) is 1.21. The standard InChI is InChI=1S/C12H12N6O2S/c13-17-11-6-5-8(7-14-11)21(19,20)18-12-15-9-3-1-2-4-10(9)16-12/h1-7H,13H2,(H,14,17)(H2,15,16,18). The average molecular weight is 304 g/mol. The summed E-state index contributed by atoms with van der Waals surface area (Å²) in [5.74, 6) is 5.71. The highest BCUT2D eigenvalue weighted by Gasteiger charge is 2.16. The topological polar surface area (TPSA) is 126 Å². The molecule has 5 N–H and O–H groups in total. The molecule has 2 heterocycles. The maximum Gasteiger partial charge on any atom is 0.265 e. The number of aromatic nitrogens is 3. The zero-order valence-corrected chi connectivity index (χ0v) is 11.6. The number of nitrogen functional groups attached to an aromatic ring is 1. The summed E-state index contributed by atoms with van der Waals surface area (Å²) < 4.78 is 26.8. The van der Waals surface area contributed by atoms with Crippen molar-refractivity contribution in [3.05, 3.63) is 42.6 Å². The minimum Gasteiger partial charge on any atom is -0.323 e. The molecule has 3 rings (SSSR count). The normalized spacial score (nSPS) is 11.5. The van der Waals surface area contributed by atoms with E-state index in [9.17, 15) is 8.42 Å². The van der Waals surface area contributed by atoms with Crippen LogP contribution in [0, 0.1) is 0 Å². The molecule has 0 aliphatic carbocycles. The van der Waals surface area contributed by atoms with Crippen molar-refractivity contribution >= 4 is 32.8 Å². The summed E-state index contributed by atoms with van der Waals surface area (Å²) in [5.41, 5.74) is 3.75. The van der Waals surface area contributed by atoms with Crippen LogP contribution in [-0.4, -0.2) is 23.4 Å². The van der Waals surface area contributed by atoms with E-state index in [4.69, 9.17) is 5.84 Å². The van der Waals surface area contributed by atoms with Crippen LogP contribution in [0.3, 0.4) is 0 Å². The van der Waals surface area contributed by atoms with Gasteiger partial charge in [-0.2, -0.15) is 0 Å². The molecule has 0 aliphatic rings. The number of nitrogens with one attached hydrogen (secondary N) is 3. The zero-order chi connectivity index (χ0) is 14.9. The fraction of sp³-hybridized carbons (Fsp3) is 0. The second kappa shape index (κ2) is 5.04. The predicted octanol–water partition coefficient (Wildman–Crippen LogP) is 1.04. The molecule has 9 heteroatoms. The number of imidazole rings is 1. The SMILES string of the molecule is NNc1ccc(S(=O)(=O)Nc2nc3ccccc3[nH]2)cn1. The smallest absolute Gasteiger partial charge is 0.265 e. The highest BCUT2D eigenvalue weighted by Crippen LogP contribution is 2.17. The van der Waals surface area contributed by atoms with Crippen molar-refractivity contribution in [2.45, 2.75) is 4.90 Å². The van der Waals surface area contributed by atoms with Crippen LogP contribution in [0.1, 0.15) is 0 Å². The monoisotopic (exact) mass is 304 g/mol. The number of rotatable bonds is 4. The lowest BCUT2D eigenvalue weighted by Crippen LogP contribution is -2.15. The van der Waals surface area contributed by atoms with Gasteiger partial charge in [-0.05, 0) is 24.3 Å². The molecule has 0 saturated carbocycles. The third-order valence-electron chi connectivity index (χ3n) is 2.81. The van der Waals surface area contributed by atoms with Gasteiger partial charge in [0.05, 0.1) is 11.0 Å². The second-order valence-corrected chi connectivity index (χ2v) is 5.91. The van der Waals surface area contributed by atoms with E-state index >= 15 is 0 Å². The minimum absolute atomic E-state index is 0.0157. The van der Waals surface area contributed by atoms with Crippen LogP contribution in [0.4, 0.5) is 11.8 Å². The van der Waals surface area contributed by atoms with Crippen molar-refractivity contribution in [3.63, 3.8) is 0 Å². The summed E-state index contributed by atoms with van der Waals surface area (Å²) >= 11 is 0. The minimum atomic E-state index is -3.76. The van der Waals surface area contributed by atoms with E-state index in [1.54, 1.807) is 6.07 Å². The van der Waals surface area contributed by atoms with Crippen LogP contribution in [-0.2, 0) is 10.0 Å². The lowest BCUT2D eigenvalue weighted by molar-refractivity contribution is 0.600. The third kappa shape index (κ3) is 2.64. The summed E-state index contributed by atoms with van der Waals surface area (Å²) in [6, 6.07) is 10.1. The number of fused-ring (bicyclic) bond motifs is 1.